The highest BCUT2D eigenvalue weighted by Crippen LogP contribution is 2.23. The summed E-state index contributed by atoms with van der Waals surface area (Å²) in [6.45, 7) is 5.09. The Morgan fingerprint density at radius 3 is 2.86 bits per heavy atom. The quantitative estimate of drug-likeness (QED) is 0.622. The van der Waals surface area contributed by atoms with Crippen molar-refractivity contribution >= 4 is 18.3 Å². The fourth-order valence-corrected chi connectivity index (χ4v) is 1.65. The second-order valence-electron chi connectivity index (χ2n) is 4.07. The largest absolute Gasteiger partial charge is 0.354 e. The molecule has 1 saturated heterocycles. The smallest absolute Gasteiger partial charge is 0.233 e. The molecule has 0 saturated carbocycles. The maximum Gasteiger partial charge on any atom is 0.233 e. The summed E-state index contributed by atoms with van der Waals surface area (Å²) in [6.07, 6.45) is 2.36. The first-order chi connectivity index (χ1) is 6.16. The van der Waals surface area contributed by atoms with Crippen LogP contribution in [0.25, 0.3) is 0 Å². The van der Waals surface area contributed by atoms with Crippen molar-refractivity contribution in [2.75, 3.05) is 26.2 Å². The number of hydrogen-bond donors (Lipinski definition) is 3. The minimum atomic E-state index is -0.0631. The van der Waals surface area contributed by atoms with Gasteiger partial charge in [-0.25, -0.2) is 0 Å². The lowest BCUT2D eigenvalue weighted by Crippen LogP contribution is -2.46. The molecule has 4 N–H and O–H groups in total. The number of carbonyl (C=O) groups is 1. The number of nitrogens with two attached hydrogens (primary N) is 1. The van der Waals surface area contributed by atoms with Crippen molar-refractivity contribution in [3.8, 4) is 0 Å². The maximum absolute atomic E-state index is 10.9. The first-order valence-corrected chi connectivity index (χ1v) is 4.84. The average molecular weight is 222 g/mol. The van der Waals surface area contributed by atoms with E-state index in [9.17, 15) is 4.79 Å². The molecule has 0 aliphatic carbocycles. The van der Waals surface area contributed by atoms with E-state index < -0.39 is 0 Å². The van der Waals surface area contributed by atoms with Gasteiger partial charge < -0.3 is 16.4 Å². The van der Waals surface area contributed by atoms with E-state index in [1.54, 1.807) is 0 Å². The average Bonchev–Trinajstić information content (AvgIpc) is 2.15. The van der Waals surface area contributed by atoms with E-state index in [4.69, 9.17) is 5.73 Å². The fraction of sp³-hybridized carbons (Fsp3) is 0.889. The molecule has 1 rings (SSSR count). The van der Waals surface area contributed by atoms with Crippen molar-refractivity contribution in [2.45, 2.75) is 19.8 Å². The van der Waals surface area contributed by atoms with Gasteiger partial charge in [0.05, 0.1) is 6.54 Å². The van der Waals surface area contributed by atoms with Gasteiger partial charge in [-0.3, -0.25) is 4.79 Å². The second kappa shape index (κ2) is 6.22. The molecule has 0 spiro atoms. The summed E-state index contributed by atoms with van der Waals surface area (Å²) in [5.41, 5.74) is 5.41. The normalized spacial score (nSPS) is 26.4. The zero-order valence-corrected chi connectivity index (χ0v) is 9.45. The number of halogens is 1. The van der Waals surface area contributed by atoms with Crippen LogP contribution in [0.15, 0.2) is 0 Å². The molecule has 4 nitrogen and oxygen atoms in total. The summed E-state index contributed by atoms with van der Waals surface area (Å²) in [4.78, 5) is 10.9. The van der Waals surface area contributed by atoms with Crippen LogP contribution in [0.5, 0.6) is 0 Å². The molecule has 0 radical (unpaired) electrons. The van der Waals surface area contributed by atoms with Gasteiger partial charge in [0.15, 0.2) is 0 Å². The lowest BCUT2D eigenvalue weighted by molar-refractivity contribution is -0.120. The van der Waals surface area contributed by atoms with Crippen molar-refractivity contribution in [1.82, 2.24) is 10.6 Å². The van der Waals surface area contributed by atoms with Crippen LogP contribution in [0.2, 0.25) is 0 Å². The van der Waals surface area contributed by atoms with Gasteiger partial charge in [0, 0.05) is 13.1 Å². The molecule has 1 atom stereocenters. The molecule has 0 aromatic carbocycles. The summed E-state index contributed by atoms with van der Waals surface area (Å²) >= 11 is 0. The van der Waals surface area contributed by atoms with E-state index in [1.165, 1.54) is 12.8 Å². The van der Waals surface area contributed by atoms with E-state index in [0.29, 0.717) is 0 Å². The Labute approximate surface area is 91.4 Å². The van der Waals surface area contributed by atoms with Crippen LogP contribution in [0.3, 0.4) is 0 Å². The number of nitrogens with one attached hydrogen (secondary N) is 2. The van der Waals surface area contributed by atoms with Gasteiger partial charge in [-0.2, -0.15) is 0 Å². The van der Waals surface area contributed by atoms with Crippen LogP contribution in [-0.4, -0.2) is 32.1 Å². The summed E-state index contributed by atoms with van der Waals surface area (Å²) in [6, 6.07) is 0. The van der Waals surface area contributed by atoms with E-state index in [0.717, 1.165) is 19.6 Å². The van der Waals surface area contributed by atoms with Gasteiger partial charge in [-0.1, -0.05) is 6.92 Å². The Bertz CT molecular complexity index is 181. The molecule has 1 unspecified atom stereocenters. The zero-order valence-electron chi connectivity index (χ0n) is 8.64. The highest BCUT2D eigenvalue weighted by molar-refractivity contribution is 5.85. The first-order valence-electron chi connectivity index (χ1n) is 4.84. The molecule has 1 fully saturated rings. The van der Waals surface area contributed by atoms with Crippen molar-refractivity contribution in [1.29, 1.82) is 0 Å². The van der Waals surface area contributed by atoms with Crippen LogP contribution in [-0.2, 0) is 4.79 Å². The highest BCUT2D eigenvalue weighted by atomic mass is 35.5. The molecule has 1 amide bonds. The van der Waals surface area contributed by atoms with Gasteiger partial charge in [-0.05, 0) is 24.8 Å². The Balaban J connectivity index is 0.00000169. The van der Waals surface area contributed by atoms with E-state index >= 15 is 0 Å². The van der Waals surface area contributed by atoms with E-state index in [2.05, 4.69) is 17.6 Å². The van der Waals surface area contributed by atoms with Gasteiger partial charge >= 0.3 is 0 Å². The van der Waals surface area contributed by atoms with Gasteiger partial charge in [0.25, 0.3) is 0 Å². The first kappa shape index (κ1) is 13.7. The molecular formula is C9H20ClN3O. The lowest BCUT2D eigenvalue weighted by Gasteiger charge is -2.34. The monoisotopic (exact) mass is 221 g/mol. The molecule has 0 aromatic rings. The zero-order chi connectivity index (χ0) is 9.73. The summed E-state index contributed by atoms with van der Waals surface area (Å²) in [7, 11) is 0. The van der Waals surface area contributed by atoms with Crippen molar-refractivity contribution < 1.29 is 4.79 Å². The minimum absolute atomic E-state index is 0. The summed E-state index contributed by atoms with van der Waals surface area (Å²) in [5.74, 6) is -0.0631. The number of piperidine rings is 1. The van der Waals surface area contributed by atoms with Crippen LogP contribution in [0.1, 0.15) is 19.8 Å². The van der Waals surface area contributed by atoms with Crippen LogP contribution in [0, 0.1) is 5.41 Å². The van der Waals surface area contributed by atoms with Crippen LogP contribution in [0.4, 0.5) is 0 Å². The third-order valence-corrected chi connectivity index (χ3v) is 2.58. The third-order valence-electron chi connectivity index (χ3n) is 2.58. The van der Waals surface area contributed by atoms with Crippen molar-refractivity contribution in [3.63, 3.8) is 0 Å². The molecule has 5 heteroatoms. The van der Waals surface area contributed by atoms with E-state index in [1.807, 2.05) is 0 Å². The predicted molar refractivity (Wildman–Crippen MR) is 59.5 cm³/mol. The maximum atomic E-state index is 10.9. The molecule has 84 valence electrons. The summed E-state index contributed by atoms with van der Waals surface area (Å²) in [5, 5.41) is 6.17. The molecule has 0 aromatic heterocycles. The van der Waals surface area contributed by atoms with Crippen LogP contribution >= 0.6 is 12.4 Å². The predicted octanol–water partition coefficient (Wildman–Crippen LogP) is -0.127. The Hall–Kier alpha value is -0.320. The molecule has 1 heterocycles. The van der Waals surface area contributed by atoms with Gasteiger partial charge in [0.1, 0.15) is 0 Å². The lowest BCUT2D eigenvalue weighted by atomic mass is 9.83. The molecule has 1 aliphatic rings. The van der Waals surface area contributed by atoms with Crippen molar-refractivity contribution in [2.24, 2.45) is 11.1 Å². The number of amides is 1. The highest BCUT2D eigenvalue weighted by Gasteiger charge is 2.26. The van der Waals surface area contributed by atoms with Crippen LogP contribution < -0.4 is 16.4 Å². The topological polar surface area (TPSA) is 67.2 Å². The second-order valence-corrected chi connectivity index (χ2v) is 4.07. The molecule has 14 heavy (non-hydrogen) atoms. The molecular weight excluding hydrogens is 202 g/mol. The SMILES string of the molecule is CC1(CNC(=O)CN)CCCNC1.Cl. The fourth-order valence-electron chi connectivity index (χ4n) is 1.65. The minimum Gasteiger partial charge on any atom is -0.354 e. The standard InChI is InChI=1S/C9H19N3O.ClH/c1-9(3-2-4-11-6-9)7-12-8(13)5-10;/h11H,2-7,10H2,1H3,(H,12,13);1H. The Morgan fingerprint density at radius 2 is 2.36 bits per heavy atom. The summed E-state index contributed by atoms with van der Waals surface area (Å²) < 4.78 is 0. The Morgan fingerprint density at radius 1 is 1.64 bits per heavy atom. The van der Waals surface area contributed by atoms with Gasteiger partial charge in [0.2, 0.25) is 5.91 Å². The molecule has 0 bridgehead atoms. The van der Waals surface area contributed by atoms with Crippen molar-refractivity contribution in [3.05, 3.63) is 0 Å². The van der Waals surface area contributed by atoms with E-state index in [-0.39, 0.29) is 30.3 Å². The number of rotatable bonds is 3. The number of hydrogen-bond acceptors (Lipinski definition) is 3. The van der Waals surface area contributed by atoms with Gasteiger partial charge in [-0.15, -0.1) is 12.4 Å². The third kappa shape index (κ3) is 4.26. The number of carbonyl (C=O) groups excluding carboxylic acids is 1. The molecule has 1 aliphatic heterocycles. The Kier molecular flexibility index (Phi) is 6.08.